The van der Waals surface area contributed by atoms with E-state index in [2.05, 4.69) is 41.6 Å². The van der Waals surface area contributed by atoms with Gasteiger partial charge in [0.15, 0.2) is 10.2 Å². The van der Waals surface area contributed by atoms with Gasteiger partial charge in [-0.05, 0) is 62.2 Å². The van der Waals surface area contributed by atoms with Crippen molar-refractivity contribution in [2.24, 2.45) is 0 Å². The zero-order valence-electron chi connectivity index (χ0n) is 10.4. The van der Waals surface area contributed by atoms with Crippen molar-refractivity contribution in [2.45, 2.75) is 32.7 Å². The molecule has 1 aromatic heterocycles. The first-order valence-corrected chi connectivity index (χ1v) is 7.29. The maximum atomic E-state index is 5.25. The lowest BCUT2D eigenvalue weighted by Crippen LogP contribution is -2.29. The van der Waals surface area contributed by atoms with Gasteiger partial charge in [0.05, 0.1) is 10.2 Å². The number of fused-ring (bicyclic) bond motifs is 1. The lowest BCUT2D eigenvalue weighted by atomic mass is 10.1. The van der Waals surface area contributed by atoms with E-state index in [0.29, 0.717) is 11.2 Å². The van der Waals surface area contributed by atoms with Crippen molar-refractivity contribution < 1.29 is 0 Å². The Labute approximate surface area is 116 Å². The second kappa shape index (κ2) is 4.48. The molecular formula is C13H15N3S2. The van der Waals surface area contributed by atoms with E-state index in [4.69, 9.17) is 12.2 Å². The van der Waals surface area contributed by atoms with Gasteiger partial charge in [-0.1, -0.05) is 11.3 Å². The van der Waals surface area contributed by atoms with Crippen LogP contribution in [0.25, 0.3) is 10.2 Å². The molecule has 1 fully saturated rings. The van der Waals surface area contributed by atoms with Crippen LogP contribution in [0, 0.1) is 13.8 Å². The summed E-state index contributed by atoms with van der Waals surface area (Å²) in [5.74, 6) is 0. The fourth-order valence-corrected chi connectivity index (χ4v) is 3.06. The van der Waals surface area contributed by atoms with Gasteiger partial charge in [-0.3, -0.25) is 0 Å². The van der Waals surface area contributed by atoms with Gasteiger partial charge >= 0.3 is 0 Å². The number of aromatic nitrogens is 1. The number of rotatable bonds is 2. The van der Waals surface area contributed by atoms with E-state index in [0.717, 1.165) is 10.6 Å². The molecule has 1 aromatic carbocycles. The summed E-state index contributed by atoms with van der Waals surface area (Å²) in [5.41, 5.74) is 3.62. The molecule has 18 heavy (non-hydrogen) atoms. The van der Waals surface area contributed by atoms with Gasteiger partial charge in [-0.2, -0.15) is 0 Å². The van der Waals surface area contributed by atoms with Crippen LogP contribution in [0.15, 0.2) is 12.1 Å². The van der Waals surface area contributed by atoms with Crippen LogP contribution in [0.4, 0.5) is 5.13 Å². The average molecular weight is 277 g/mol. The van der Waals surface area contributed by atoms with Crippen LogP contribution in [0.3, 0.4) is 0 Å². The first-order chi connectivity index (χ1) is 8.61. The molecule has 0 bridgehead atoms. The van der Waals surface area contributed by atoms with Crippen LogP contribution >= 0.6 is 23.6 Å². The Morgan fingerprint density at radius 3 is 2.78 bits per heavy atom. The van der Waals surface area contributed by atoms with Crippen molar-refractivity contribution in [3.63, 3.8) is 0 Å². The largest absolute Gasteiger partial charge is 0.360 e. The molecule has 0 unspecified atom stereocenters. The molecule has 1 saturated carbocycles. The number of thiocarbonyl (C=S) groups is 1. The maximum absolute atomic E-state index is 5.25. The lowest BCUT2D eigenvalue weighted by molar-refractivity contribution is 0.919. The second-order valence-electron chi connectivity index (χ2n) is 4.80. The highest BCUT2D eigenvalue weighted by Gasteiger charge is 2.22. The van der Waals surface area contributed by atoms with Crippen LogP contribution in [0.1, 0.15) is 24.0 Å². The van der Waals surface area contributed by atoms with Gasteiger partial charge in [0.25, 0.3) is 0 Å². The van der Waals surface area contributed by atoms with Crippen LogP contribution in [0.2, 0.25) is 0 Å². The molecule has 5 heteroatoms. The Morgan fingerprint density at radius 1 is 1.33 bits per heavy atom. The molecule has 2 aromatic rings. The third-order valence-corrected chi connectivity index (χ3v) is 4.29. The first-order valence-electron chi connectivity index (χ1n) is 6.07. The molecule has 0 saturated heterocycles. The van der Waals surface area contributed by atoms with Gasteiger partial charge in [0.2, 0.25) is 0 Å². The topological polar surface area (TPSA) is 37.0 Å². The molecule has 0 atom stereocenters. The maximum Gasteiger partial charge on any atom is 0.190 e. The fourth-order valence-electron chi connectivity index (χ4n) is 1.78. The van der Waals surface area contributed by atoms with E-state index in [-0.39, 0.29) is 0 Å². The molecule has 3 rings (SSSR count). The third-order valence-electron chi connectivity index (χ3n) is 3.14. The lowest BCUT2D eigenvalue weighted by Gasteiger charge is -2.05. The van der Waals surface area contributed by atoms with Gasteiger partial charge in [-0.15, -0.1) is 0 Å². The number of nitrogens with zero attached hydrogens (tertiary/aromatic N) is 1. The summed E-state index contributed by atoms with van der Waals surface area (Å²) < 4.78 is 1.20. The van der Waals surface area contributed by atoms with E-state index in [9.17, 15) is 0 Å². The highest BCUT2D eigenvalue weighted by Crippen LogP contribution is 2.28. The number of hydrogen-bond acceptors (Lipinski definition) is 3. The van der Waals surface area contributed by atoms with Gasteiger partial charge in [-0.25, -0.2) is 4.98 Å². The van der Waals surface area contributed by atoms with Gasteiger partial charge in [0, 0.05) is 6.04 Å². The Bertz CT molecular complexity index is 575. The van der Waals surface area contributed by atoms with Crippen molar-refractivity contribution >= 4 is 44.0 Å². The van der Waals surface area contributed by atoms with Crippen LogP contribution in [-0.2, 0) is 0 Å². The number of nitrogens with one attached hydrogen (secondary N) is 2. The van der Waals surface area contributed by atoms with Crippen molar-refractivity contribution in [3.05, 3.63) is 23.3 Å². The molecule has 1 aliphatic rings. The van der Waals surface area contributed by atoms with Crippen LogP contribution < -0.4 is 10.6 Å². The Kier molecular flexibility index (Phi) is 2.95. The smallest absolute Gasteiger partial charge is 0.190 e. The SMILES string of the molecule is Cc1cc2nc(NC(=S)NC3CC3)sc2cc1C. The number of hydrogen-bond donors (Lipinski definition) is 2. The molecule has 1 heterocycles. The summed E-state index contributed by atoms with van der Waals surface area (Å²) in [7, 11) is 0. The minimum Gasteiger partial charge on any atom is -0.360 e. The van der Waals surface area contributed by atoms with E-state index in [1.807, 2.05) is 0 Å². The van der Waals surface area contributed by atoms with Crippen LogP contribution in [0.5, 0.6) is 0 Å². The molecule has 94 valence electrons. The first kappa shape index (κ1) is 11.9. The summed E-state index contributed by atoms with van der Waals surface area (Å²) in [6, 6.07) is 4.89. The summed E-state index contributed by atoms with van der Waals surface area (Å²) in [6.45, 7) is 4.24. The van der Waals surface area contributed by atoms with E-state index < -0.39 is 0 Å². The van der Waals surface area contributed by atoms with Gasteiger partial charge in [0.1, 0.15) is 0 Å². The summed E-state index contributed by atoms with van der Waals surface area (Å²) >= 11 is 6.90. The van der Waals surface area contributed by atoms with E-state index >= 15 is 0 Å². The van der Waals surface area contributed by atoms with Gasteiger partial charge < -0.3 is 10.6 Å². The predicted octanol–water partition coefficient (Wildman–Crippen LogP) is 3.36. The standard InChI is InChI=1S/C13H15N3S2/c1-7-5-10-11(6-8(7)2)18-13(15-10)16-12(17)14-9-3-4-9/h5-6,9H,3-4H2,1-2H3,(H2,14,15,16,17). The van der Waals surface area contributed by atoms with Crippen molar-refractivity contribution in [1.82, 2.24) is 10.3 Å². The average Bonchev–Trinajstić information content (AvgIpc) is 3.01. The normalized spacial score (nSPS) is 14.8. The number of anilines is 1. The zero-order chi connectivity index (χ0) is 12.7. The third kappa shape index (κ3) is 2.47. The Balaban J connectivity index is 1.81. The molecule has 1 aliphatic carbocycles. The van der Waals surface area contributed by atoms with Crippen LogP contribution in [-0.4, -0.2) is 16.1 Å². The molecule has 0 radical (unpaired) electrons. The van der Waals surface area contributed by atoms with Crippen molar-refractivity contribution in [2.75, 3.05) is 5.32 Å². The summed E-state index contributed by atoms with van der Waals surface area (Å²) in [4.78, 5) is 4.56. The fraction of sp³-hybridized carbons (Fsp3) is 0.385. The Morgan fingerprint density at radius 2 is 2.06 bits per heavy atom. The molecule has 0 spiro atoms. The van der Waals surface area contributed by atoms with Crippen molar-refractivity contribution in [1.29, 1.82) is 0 Å². The number of aryl methyl sites for hydroxylation is 2. The molecule has 3 nitrogen and oxygen atoms in total. The zero-order valence-corrected chi connectivity index (χ0v) is 12.0. The molecule has 0 amide bonds. The number of benzene rings is 1. The Hall–Kier alpha value is -1.20. The summed E-state index contributed by atoms with van der Waals surface area (Å²) in [6.07, 6.45) is 2.44. The number of thiazole rings is 1. The van der Waals surface area contributed by atoms with E-state index in [1.54, 1.807) is 11.3 Å². The van der Waals surface area contributed by atoms with Crippen molar-refractivity contribution in [3.8, 4) is 0 Å². The highest BCUT2D eigenvalue weighted by molar-refractivity contribution is 7.80. The minimum absolute atomic E-state index is 0.573. The predicted molar refractivity (Wildman–Crippen MR) is 81.5 cm³/mol. The molecular weight excluding hydrogens is 262 g/mol. The minimum atomic E-state index is 0.573. The molecule has 0 aliphatic heterocycles. The van der Waals surface area contributed by atoms with E-state index in [1.165, 1.54) is 28.7 Å². The summed E-state index contributed by atoms with van der Waals surface area (Å²) in [5, 5.41) is 7.98. The second-order valence-corrected chi connectivity index (χ2v) is 6.23. The highest BCUT2D eigenvalue weighted by atomic mass is 32.1. The quantitative estimate of drug-likeness (QED) is 0.825. The molecule has 2 N–H and O–H groups in total. The monoisotopic (exact) mass is 277 g/mol.